The van der Waals surface area contributed by atoms with Gasteiger partial charge in [-0.2, -0.15) is 0 Å². The van der Waals surface area contributed by atoms with Crippen molar-refractivity contribution >= 4 is 30.0 Å². The molecule has 3 N–H and O–H groups in total. The predicted molar refractivity (Wildman–Crippen MR) is 114 cm³/mol. The third-order valence-electron chi connectivity index (χ3n) is 5.30. The monoisotopic (exact) mass is 501 g/mol. The van der Waals surface area contributed by atoms with Gasteiger partial charge in [0.2, 0.25) is 11.8 Å². The lowest BCUT2D eigenvalue weighted by Crippen LogP contribution is -2.56. The highest BCUT2D eigenvalue weighted by Gasteiger charge is 2.40. The normalized spacial score (nSPS) is 17.4. The smallest absolute Gasteiger partial charge is 0.481 e. The van der Waals surface area contributed by atoms with Crippen LogP contribution in [0.15, 0.2) is 24.3 Å². The van der Waals surface area contributed by atoms with E-state index in [0.29, 0.717) is 6.42 Å². The minimum atomic E-state index is -5.03. The molecule has 1 aliphatic rings. The Morgan fingerprint density at radius 3 is 2.43 bits per heavy atom. The lowest BCUT2D eigenvalue weighted by atomic mass is 10.0. The molecule has 0 radical (unpaired) electrons. The number of benzene rings is 1. The Bertz CT molecular complexity index is 968. The number of carbonyl (C=O) groups is 5. The van der Waals surface area contributed by atoms with Crippen LogP contribution in [0.25, 0.3) is 0 Å². The molecule has 3 amide bonds. The number of hydrogen-bond acceptors (Lipinski definition) is 6. The number of carbonyl (C=O) groups excluding carboxylic acids is 4. The quantitative estimate of drug-likeness (QED) is 0.413. The number of aliphatic carboxylic acids is 1. The van der Waals surface area contributed by atoms with E-state index < -0.39 is 71.8 Å². The first-order valence-corrected chi connectivity index (χ1v) is 10.8. The average molecular weight is 501 g/mol. The second-order valence-electron chi connectivity index (χ2n) is 8.28. The molecule has 0 aliphatic carbocycles. The number of carboxylic acid groups (broad SMARTS) is 1. The van der Waals surface area contributed by atoms with Crippen LogP contribution in [0.4, 0.5) is 13.2 Å². The minimum Gasteiger partial charge on any atom is -0.481 e. The van der Waals surface area contributed by atoms with Gasteiger partial charge in [-0.25, -0.2) is 0 Å². The van der Waals surface area contributed by atoms with Crippen molar-refractivity contribution in [3.8, 4) is 5.75 Å². The first-order chi connectivity index (χ1) is 16.3. The van der Waals surface area contributed by atoms with Gasteiger partial charge in [-0.05, 0) is 30.9 Å². The van der Waals surface area contributed by atoms with E-state index >= 15 is 0 Å². The fourth-order valence-electron chi connectivity index (χ4n) is 3.68. The Morgan fingerprint density at radius 2 is 1.86 bits per heavy atom. The fourth-order valence-corrected chi connectivity index (χ4v) is 3.68. The van der Waals surface area contributed by atoms with E-state index in [1.54, 1.807) is 13.8 Å². The second kappa shape index (κ2) is 11.7. The molecule has 0 unspecified atom stereocenters. The van der Waals surface area contributed by atoms with Crippen molar-refractivity contribution in [2.45, 2.75) is 57.6 Å². The molecule has 0 spiro atoms. The van der Waals surface area contributed by atoms with Crippen LogP contribution in [0.2, 0.25) is 0 Å². The van der Waals surface area contributed by atoms with Crippen molar-refractivity contribution in [3.63, 3.8) is 0 Å². The molecule has 0 aromatic heterocycles. The number of nitrogens with one attached hydrogen (secondary N) is 2. The summed E-state index contributed by atoms with van der Waals surface area (Å²) in [4.78, 5) is 61.9. The minimum absolute atomic E-state index is 0.161. The molecule has 1 fully saturated rings. The van der Waals surface area contributed by atoms with Gasteiger partial charge in [0.05, 0.1) is 18.0 Å². The number of halogens is 3. The number of hydrogen-bond donors (Lipinski definition) is 3. The number of para-hydroxylation sites is 1. The molecule has 10 nitrogen and oxygen atoms in total. The van der Waals surface area contributed by atoms with E-state index in [0.717, 1.165) is 12.1 Å². The number of carboxylic acids is 1. The number of aldehydes is 1. The van der Waals surface area contributed by atoms with E-state index in [2.05, 4.69) is 15.4 Å². The zero-order valence-electron chi connectivity index (χ0n) is 19.0. The molecular weight excluding hydrogens is 475 g/mol. The lowest BCUT2D eigenvalue weighted by Gasteiger charge is -2.31. The number of likely N-dealkylation sites (tertiary alicyclic amines) is 1. The predicted octanol–water partition coefficient (Wildman–Crippen LogP) is 1.49. The van der Waals surface area contributed by atoms with Crippen LogP contribution in [-0.4, -0.2) is 71.0 Å². The van der Waals surface area contributed by atoms with E-state index in [4.69, 9.17) is 5.11 Å². The highest BCUT2D eigenvalue weighted by Crippen LogP contribution is 2.27. The highest BCUT2D eigenvalue weighted by atomic mass is 19.4. The summed E-state index contributed by atoms with van der Waals surface area (Å²) in [5.74, 6) is -4.85. The number of rotatable bonds is 10. The van der Waals surface area contributed by atoms with E-state index in [1.807, 2.05) is 0 Å². The topological polar surface area (TPSA) is 142 Å². The molecule has 13 heteroatoms. The molecule has 192 valence electrons. The maximum Gasteiger partial charge on any atom is 0.573 e. The summed E-state index contributed by atoms with van der Waals surface area (Å²) >= 11 is 0. The largest absolute Gasteiger partial charge is 0.573 e. The van der Waals surface area contributed by atoms with Crippen molar-refractivity contribution in [2.75, 3.05) is 6.54 Å². The van der Waals surface area contributed by atoms with Gasteiger partial charge in [-0.15, -0.1) is 13.2 Å². The van der Waals surface area contributed by atoms with Crippen LogP contribution in [0.5, 0.6) is 5.75 Å². The summed E-state index contributed by atoms with van der Waals surface area (Å²) in [5, 5.41) is 13.6. The summed E-state index contributed by atoms with van der Waals surface area (Å²) in [6.07, 6.45) is -4.68. The Kier molecular flexibility index (Phi) is 9.20. The number of nitrogens with zero attached hydrogens (tertiary/aromatic N) is 1. The molecule has 1 saturated heterocycles. The summed E-state index contributed by atoms with van der Waals surface area (Å²) in [5.41, 5.74) is -0.429. The van der Waals surface area contributed by atoms with Crippen molar-refractivity contribution in [2.24, 2.45) is 5.92 Å². The van der Waals surface area contributed by atoms with Gasteiger partial charge in [-0.1, -0.05) is 26.0 Å². The van der Waals surface area contributed by atoms with Gasteiger partial charge in [0.1, 0.15) is 24.1 Å². The maximum atomic E-state index is 13.3. The highest BCUT2D eigenvalue weighted by molar-refractivity contribution is 6.00. The standard InChI is InChI=1S/C22H26F3N3O7/c1-12(2)18(27-19(32)14-6-3-4-8-16(14)35-22(23,24)25)21(34)28-9-5-7-15(28)20(33)26-13(11-29)10-17(30)31/h3-4,6,8,11-13,15,18H,5,7,9-10H2,1-2H3,(H,26,33)(H,27,32)(H,30,31)/t13-,15-,18-/m0/s1. The first-order valence-electron chi connectivity index (χ1n) is 10.8. The third-order valence-corrected chi connectivity index (χ3v) is 5.30. The number of alkyl halides is 3. The zero-order valence-corrected chi connectivity index (χ0v) is 19.0. The Labute approximate surface area is 198 Å². The molecule has 0 saturated carbocycles. The molecule has 3 atom stereocenters. The van der Waals surface area contributed by atoms with Crippen LogP contribution < -0.4 is 15.4 Å². The molecule has 1 aromatic rings. The zero-order chi connectivity index (χ0) is 26.3. The van der Waals surface area contributed by atoms with E-state index in [1.165, 1.54) is 17.0 Å². The van der Waals surface area contributed by atoms with E-state index in [-0.39, 0.29) is 19.3 Å². The summed E-state index contributed by atoms with van der Waals surface area (Å²) in [6.45, 7) is 3.39. The van der Waals surface area contributed by atoms with Crippen molar-refractivity contribution < 1.29 is 47.0 Å². The molecule has 1 heterocycles. The fraction of sp³-hybridized carbons (Fsp3) is 0.500. The van der Waals surface area contributed by atoms with Crippen LogP contribution in [0.3, 0.4) is 0 Å². The van der Waals surface area contributed by atoms with E-state index in [9.17, 15) is 37.1 Å². The Hall–Kier alpha value is -3.64. The molecule has 0 bridgehead atoms. The SMILES string of the molecule is CC(C)[C@H](NC(=O)c1ccccc1OC(F)(F)F)C(=O)N1CCC[C@H]1C(=O)N[C@H](C=O)CC(=O)O. The molecule has 1 aliphatic heterocycles. The number of ether oxygens (including phenoxy) is 1. The van der Waals surface area contributed by atoms with Gasteiger partial charge in [0.15, 0.2) is 0 Å². The number of amides is 3. The van der Waals surface area contributed by atoms with Gasteiger partial charge in [-0.3, -0.25) is 19.2 Å². The van der Waals surface area contributed by atoms with Gasteiger partial charge in [0, 0.05) is 6.54 Å². The first kappa shape index (κ1) is 27.6. The molecule has 35 heavy (non-hydrogen) atoms. The van der Waals surface area contributed by atoms with Gasteiger partial charge < -0.3 is 30.2 Å². The van der Waals surface area contributed by atoms with Crippen molar-refractivity contribution in [1.29, 1.82) is 0 Å². The molecular formula is C22H26F3N3O7. The Morgan fingerprint density at radius 1 is 1.20 bits per heavy atom. The maximum absolute atomic E-state index is 13.3. The third kappa shape index (κ3) is 7.69. The van der Waals surface area contributed by atoms with Crippen molar-refractivity contribution in [1.82, 2.24) is 15.5 Å². The molecule has 1 aromatic carbocycles. The average Bonchev–Trinajstić information content (AvgIpc) is 3.25. The van der Waals surface area contributed by atoms with Gasteiger partial charge >= 0.3 is 12.3 Å². The Balaban J connectivity index is 2.19. The van der Waals surface area contributed by atoms with Crippen LogP contribution in [0.1, 0.15) is 43.5 Å². The summed E-state index contributed by atoms with van der Waals surface area (Å²) in [6, 6.07) is 1.22. The van der Waals surface area contributed by atoms with Crippen molar-refractivity contribution in [3.05, 3.63) is 29.8 Å². The van der Waals surface area contributed by atoms with Crippen LogP contribution >= 0.6 is 0 Å². The lowest BCUT2D eigenvalue weighted by molar-refractivity contribution is -0.274. The second-order valence-corrected chi connectivity index (χ2v) is 8.28. The van der Waals surface area contributed by atoms with Crippen LogP contribution in [-0.2, 0) is 19.2 Å². The molecule has 2 rings (SSSR count). The van der Waals surface area contributed by atoms with Gasteiger partial charge in [0.25, 0.3) is 5.91 Å². The summed E-state index contributed by atoms with van der Waals surface area (Å²) in [7, 11) is 0. The van der Waals surface area contributed by atoms with Crippen LogP contribution in [0, 0.1) is 5.92 Å². The summed E-state index contributed by atoms with van der Waals surface area (Å²) < 4.78 is 42.0.